The zero-order valence-electron chi connectivity index (χ0n) is 20.0. The van der Waals surface area contributed by atoms with Crippen molar-refractivity contribution in [1.29, 1.82) is 0 Å². The lowest BCUT2D eigenvalue weighted by molar-refractivity contribution is 0.102. The molecular formula is C25H32ClN5O3. The van der Waals surface area contributed by atoms with Crippen molar-refractivity contribution in [2.24, 2.45) is 5.92 Å². The van der Waals surface area contributed by atoms with Gasteiger partial charge in [0.25, 0.3) is 11.5 Å². The zero-order valence-corrected chi connectivity index (χ0v) is 20.9. The molecule has 0 bridgehead atoms. The number of rotatable bonds is 5. The van der Waals surface area contributed by atoms with Crippen LogP contribution in [0.15, 0.2) is 41.3 Å². The van der Waals surface area contributed by atoms with E-state index in [0.717, 1.165) is 37.4 Å². The molecule has 34 heavy (non-hydrogen) atoms. The monoisotopic (exact) mass is 485 g/mol. The fourth-order valence-corrected chi connectivity index (χ4v) is 4.22. The van der Waals surface area contributed by atoms with Crippen LogP contribution in [0.2, 0.25) is 0 Å². The first-order chi connectivity index (χ1) is 15.8. The second-order valence-electron chi connectivity index (χ2n) is 9.15. The first-order valence-corrected chi connectivity index (χ1v) is 11.3. The van der Waals surface area contributed by atoms with Crippen LogP contribution in [0.1, 0.15) is 29.8 Å². The number of benzene rings is 1. The van der Waals surface area contributed by atoms with E-state index in [1.807, 2.05) is 39.0 Å². The fraction of sp³-hybridized carbons (Fsp3) is 0.400. The lowest BCUT2D eigenvalue weighted by Gasteiger charge is -2.34. The first-order valence-electron chi connectivity index (χ1n) is 11.3. The van der Waals surface area contributed by atoms with Gasteiger partial charge in [-0.1, -0.05) is 19.9 Å². The summed E-state index contributed by atoms with van der Waals surface area (Å²) in [5.41, 5.74) is 1.64. The third-order valence-corrected chi connectivity index (χ3v) is 6.11. The average molecular weight is 486 g/mol. The Morgan fingerprint density at radius 3 is 2.53 bits per heavy atom. The van der Waals surface area contributed by atoms with Crippen molar-refractivity contribution in [3.8, 4) is 5.75 Å². The Hall–Kier alpha value is -3.10. The van der Waals surface area contributed by atoms with Crippen molar-refractivity contribution in [1.82, 2.24) is 14.5 Å². The van der Waals surface area contributed by atoms with E-state index in [4.69, 9.17) is 0 Å². The van der Waals surface area contributed by atoms with Crippen LogP contribution < -0.4 is 15.8 Å². The molecule has 8 nitrogen and oxygen atoms in total. The predicted octanol–water partition coefficient (Wildman–Crippen LogP) is 3.49. The van der Waals surface area contributed by atoms with Crippen LogP contribution in [0.4, 0.5) is 11.5 Å². The van der Waals surface area contributed by atoms with Gasteiger partial charge in [-0.05, 0) is 49.7 Å². The van der Waals surface area contributed by atoms with Crippen LogP contribution in [0.3, 0.4) is 0 Å². The quantitative estimate of drug-likeness (QED) is 0.575. The number of aryl methyl sites for hydroxylation is 1. The lowest BCUT2D eigenvalue weighted by Crippen LogP contribution is -2.44. The summed E-state index contributed by atoms with van der Waals surface area (Å²) >= 11 is 0. The maximum atomic E-state index is 13.5. The third-order valence-electron chi connectivity index (χ3n) is 6.11. The van der Waals surface area contributed by atoms with Crippen molar-refractivity contribution in [2.45, 2.75) is 27.3 Å². The van der Waals surface area contributed by atoms with Crippen molar-refractivity contribution < 1.29 is 9.90 Å². The van der Waals surface area contributed by atoms with Crippen LogP contribution in [0.5, 0.6) is 5.75 Å². The molecule has 4 rings (SSSR count). The molecule has 0 unspecified atom stereocenters. The molecule has 2 aromatic heterocycles. The highest BCUT2D eigenvalue weighted by atomic mass is 35.5. The fourth-order valence-electron chi connectivity index (χ4n) is 4.22. The number of hydrogen-bond donors (Lipinski definition) is 2. The second kappa shape index (κ2) is 10.4. The molecule has 3 aromatic rings. The molecule has 1 aliphatic heterocycles. The number of pyridine rings is 2. The molecule has 1 saturated heterocycles. The Morgan fingerprint density at radius 1 is 1.18 bits per heavy atom. The number of carbonyl (C=O) groups is 1. The van der Waals surface area contributed by atoms with E-state index in [0.29, 0.717) is 23.3 Å². The first kappa shape index (κ1) is 25.5. The maximum absolute atomic E-state index is 13.5. The Balaban J connectivity index is 0.00000324. The molecule has 3 heterocycles. The summed E-state index contributed by atoms with van der Waals surface area (Å²) in [4.78, 5) is 35.3. The molecule has 1 amide bonds. The summed E-state index contributed by atoms with van der Waals surface area (Å²) in [5.74, 6) is -0.424. The van der Waals surface area contributed by atoms with E-state index in [-0.39, 0.29) is 29.6 Å². The van der Waals surface area contributed by atoms with Gasteiger partial charge in [0.05, 0.1) is 5.52 Å². The standard InChI is InChI=1S/C25H31N5O3.ClH/c1-16(2)15-30-20-14-18(29-12-10-28(4)11-13-29)7-8-19(20)22(31)21(25(30)33)24(32)27-23-17(3)6-5-9-26-23;/h5-9,14,16,31H,10-13,15H2,1-4H3,(H,26,27,32);1H. The van der Waals surface area contributed by atoms with Crippen LogP contribution in [-0.4, -0.2) is 58.7 Å². The van der Waals surface area contributed by atoms with Gasteiger partial charge < -0.3 is 24.8 Å². The highest BCUT2D eigenvalue weighted by Crippen LogP contribution is 2.31. The number of hydrogen-bond acceptors (Lipinski definition) is 6. The minimum atomic E-state index is -0.665. The van der Waals surface area contributed by atoms with Crippen molar-refractivity contribution in [3.63, 3.8) is 0 Å². The number of piperazine rings is 1. The molecule has 2 N–H and O–H groups in total. The van der Waals surface area contributed by atoms with E-state index in [1.54, 1.807) is 22.9 Å². The number of anilines is 2. The summed E-state index contributed by atoms with van der Waals surface area (Å²) in [6.45, 7) is 10.0. The number of fused-ring (bicyclic) bond motifs is 1. The van der Waals surface area contributed by atoms with Crippen molar-refractivity contribution >= 4 is 40.7 Å². The van der Waals surface area contributed by atoms with Gasteiger partial charge in [0.1, 0.15) is 17.1 Å². The third kappa shape index (κ3) is 5.03. The number of aromatic hydroxyl groups is 1. The topological polar surface area (TPSA) is 90.7 Å². The summed E-state index contributed by atoms with van der Waals surface area (Å²) < 4.78 is 1.61. The Labute approximate surface area is 205 Å². The van der Waals surface area contributed by atoms with Gasteiger partial charge in [0.15, 0.2) is 0 Å². The van der Waals surface area contributed by atoms with Gasteiger partial charge in [0, 0.05) is 50.0 Å². The molecule has 1 fully saturated rings. The smallest absolute Gasteiger partial charge is 0.267 e. The van der Waals surface area contributed by atoms with Gasteiger partial charge in [-0.25, -0.2) is 4.98 Å². The van der Waals surface area contributed by atoms with Crippen LogP contribution in [-0.2, 0) is 6.54 Å². The largest absolute Gasteiger partial charge is 0.506 e. The molecule has 1 aliphatic rings. The van der Waals surface area contributed by atoms with Gasteiger partial charge in [-0.15, -0.1) is 12.4 Å². The molecule has 182 valence electrons. The number of nitrogens with zero attached hydrogens (tertiary/aromatic N) is 4. The number of likely N-dealkylation sites (N-methyl/N-ethyl adjacent to an activating group) is 1. The van der Waals surface area contributed by atoms with Gasteiger partial charge in [0.2, 0.25) is 0 Å². The number of amides is 1. The minimum Gasteiger partial charge on any atom is -0.506 e. The molecule has 0 saturated carbocycles. The van der Waals surface area contributed by atoms with Crippen LogP contribution >= 0.6 is 12.4 Å². The number of halogens is 1. The van der Waals surface area contributed by atoms with E-state index in [2.05, 4.69) is 27.1 Å². The summed E-state index contributed by atoms with van der Waals surface area (Å²) in [6.07, 6.45) is 1.57. The molecular weight excluding hydrogens is 454 g/mol. The minimum absolute atomic E-state index is 0. The van der Waals surface area contributed by atoms with Gasteiger partial charge in [-0.3, -0.25) is 9.59 Å². The Morgan fingerprint density at radius 2 is 1.88 bits per heavy atom. The Bertz CT molecular complexity index is 1250. The van der Waals surface area contributed by atoms with Gasteiger partial charge >= 0.3 is 0 Å². The Kier molecular flexibility index (Phi) is 7.84. The molecule has 0 aliphatic carbocycles. The van der Waals surface area contributed by atoms with E-state index >= 15 is 0 Å². The van der Waals surface area contributed by atoms with Gasteiger partial charge in [-0.2, -0.15) is 0 Å². The van der Waals surface area contributed by atoms with Crippen molar-refractivity contribution in [3.05, 3.63) is 58.0 Å². The molecule has 1 aromatic carbocycles. The SMILES string of the molecule is Cc1cccnc1NC(=O)c1c(O)c2ccc(N3CCN(C)CC3)cc2n(CC(C)C)c1=O.Cl. The highest BCUT2D eigenvalue weighted by molar-refractivity contribution is 6.09. The van der Waals surface area contributed by atoms with E-state index in [9.17, 15) is 14.7 Å². The molecule has 0 spiro atoms. The molecule has 0 radical (unpaired) electrons. The van der Waals surface area contributed by atoms with Crippen LogP contribution in [0, 0.1) is 12.8 Å². The number of aromatic nitrogens is 2. The second-order valence-corrected chi connectivity index (χ2v) is 9.15. The predicted molar refractivity (Wildman–Crippen MR) is 139 cm³/mol. The molecule has 9 heteroatoms. The van der Waals surface area contributed by atoms with Crippen molar-refractivity contribution in [2.75, 3.05) is 43.4 Å². The van der Waals surface area contributed by atoms with Crippen LogP contribution in [0.25, 0.3) is 10.9 Å². The normalized spacial score (nSPS) is 14.3. The maximum Gasteiger partial charge on any atom is 0.267 e. The van der Waals surface area contributed by atoms with E-state index < -0.39 is 11.5 Å². The lowest BCUT2D eigenvalue weighted by atomic mass is 10.1. The summed E-state index contributed by atoms with van der Waals surface area (Å²) in [7, 11) is 2.11. The summed E-state index contributed by atoms with van der Waals surface area (Å²) in [5, 5.41) is 14.2. The van der Waals surface area contributed by atoms with E-state index in [1.165, 1.54) is 0 Å². The number of carbonyl (C=O) groups excluding carboxylic acids is 1. The zero-order chi connectivity index (χ0) is 23.7. The molecule has 0 atom stereocenters. The highest BCUT2D eigenvalue weighted by Gasteiger charge is 2.24. The number of nitrogens with one attached hydrogen (secondary N) is 1. The summed E-state index contributed by atoms with van der Waals surface area (Å²) in [6, 6.07) is 9.29. The average Bonchev–Trinajstić information content (AvgIpc) is 2.78.